The zero-order valence-corrected chi connectivity index (χ0v) is 25.5. The minimum atomic E-state index is -0.298. The Morgan fingerprint density at radius 2 is 1.40 bits per heavy atom. The van der Waals surface area contributed by atoms with Crippen LogP contribution in [0.3, 0.4) is 0 Å². The number of carbonyl (C=O) groups excluding carboxylic acids is 1. The average Bonchev–Trinajstić information content (AvgIpc) is 3.36. The quantitative estimate of drug-likeness (QED) is 0.112. The number of aromatic nitrogens is 1. The summed E-state index contributed by atoms with van der Waals surface area (Å²) >= 11 is 1.73. The number of hydrogen-bond acceptors (Lipinski definition) is 4. The van der Waals surface area contributed by atoms with Crippen LogP contribution in [-0.4, -0.2) is 19.7 Å². The Kier molecular flexibility index (Phi) is 14.4. The van der Waals surface area contributed by atoms with Crippen LogP contribution in [-0.2, 0) is 6.54 Å². The van der Waals surface area contributed by atoms with Crippen molar-refractivity contribution < 1.29 is 18.8 Å². The van der Waals surface area contributed by atoms with Crippen LogP contribution < -0.4 is 24.7 Å². The third-order valence-electron chi connectivity index (χ3n) is 6.98. The van der Waals surface area contributed by atoms with E-state index in [9.17, 15) is 4.79 Å². The van der Waals surface area contributed by atoms with Crippen LogP contribution in [0, 0.1) is 6.92 Å². The van der Waals surface area contributed by atoms with Gasteiger partial charge in [0.25, 0.3) is 0 Å². The van der Waals surface area contributed by atoms with Crippen molar-refractivity contribution in [2.45, 2.75) is 97.4 Å². The van der Waals surface area contributed by atoms with E-state index in [1.807, 2.05) is 42.5 Å². The largest absolute Gasteiger partial charge is 0.493 e. The van der Waals surface area contributed by atoms with E-state index < -0.39 is 0 Å². The fourth-order valence-electron chi connectivity index (χ4n) is 4.72. The van der Waals surface area contributed by atoms with Crippen LogP contribution in [0.5, 0.6) is 11.5 Å². The fraction of sp³-hybridized carbons (Fsp3) is 0.515. The Hall–Kier alpha value is -3.06. The zero-order valence-electron chi connectivity index (χ0n) is 24.7. The molecule has 3 aromatic rings. The summed E-state index contributed by atoms with van der Waals surface area (Å²) in [6, 6.07) is 13.1. The first-order valence-electron chi connectivity index (χ1n) is 15.0. The Morgan fingerprint density at radius 3 is 2.00 bits per heavy atom. The van der Waals surface area contributed by atoms with Crippen LogP contribution in [0.1, 0.15) is 94.4 Å². The minimum absolute atomic E-state index is 0.298. The van der Waals surface area contributed by atoms with Gasteiger partial charge in [0.2, 0.25) is 5.51 Å². The molecule has 0 atom stereocenters. The van der Waals surface area contributed by atoms with E-state index in [4.69, 9.17) is 9.47 Å². The Balaban J connectivity index is 1.34. The molecule has 0 fully saturated rings. The highest BCUT2D eigenvalue weighted by Gasteiger charge is 2.10. The number of thiazole rings is 1. The van der Waals surface area contributed by atoms with Gasteiger partial charge >= 0.3 is 6.03 Å². The molecule has 0 aliphatic carbocycles. The van der Waals surface area contributed by atoms with E-state index in [-0.39, 0.29) is 6.03 Å². The number of ether oxygens (including phenoxy) is 2. The van der Waals surface area contributed by atoms with Gasteiger partial charge in [-0.3, -0.25) is 0 Å². The van der Waals surface area contributed by atoms with E-state index in [2.05, 4.69) is 40.8 Å². The number of amides is 2. The number of rotatable bonds is 19. The number of nitrogens with zero attached hydrogens (tertiary/aromatic N) is 1. The Morgan fingerprint density at radius 1 is 0.800 bits per heavy atom. The van der Waals surface area contributed by atoms with E-state index in [0.29, 0.717) is 23.8 Å². The SMILES string of the molecule is CCCCCCCCCCCCCCOc1cc(NC(=O)Nc2ccc(C[n+]3csc(C)c3)cc2)ccc1OC. The summed E-state index contributed by atoms with van der Waals surface area (Å²) < 4.78 is 13.7. The molecule has 0 radical (unpaired) electrons. The molecule has 6 nitrogen and oxygen atoms in total. The molecule has 0 spiro atoms. The van der Waals surface area contributed by atoms with Crippen molar-refractivity contribution in [3.05, 3.63) is 64.6 Å². The van der Waals surface area contributed by atoms with Crippen LogP contribution in [0.4, 0.5) is 16.2 Å². The number of methoxy groups -OCH3 is 1. The van der Waals surface area contributed by atoms with Gasteiger partial charge in [-0.1, -0.05) is 101 Å². The highest BCUT2D eigenvalue weighted by Crippen LogP contribution is 2.30. The van der Waals surface area contributed by atoms with Crippen molar-refractivity contribution in [1.82, 2.24) is 0 Å². The summed E-state index contributed by atoms with van der Waals surface area (Å²) in [5.41, 5.74) is 4.69. The smallest absolute Gasteiger partial charge is 0.323 e. The molecular formula is C33H48N3O3S+. The standard InChI is InChI=1S/C33H47N3O3S/c1-4-5-6-7-8-9-10-11-12-13-14-15-22-39-32-23-30(20-21-31(32)38-3)35-33(37)34-29-18-16-28(17-19-29)25-36-24-27(2)40-26-36/h16-21,23-24,26H,4-15,22,25H2,1-3H3,(H-,34,35,37)/p+1. The first kappa shape index (κ1) is 31.5. The zero-order chi connectivity index (χ0) is 28.4. The molecule has 7 heteroatoms. The predicted octanol–water partition coefficient (Wildman–Crippen LogP) is 9.12. The van der Waals surface area contributed by atoms with E-state index in [1.165, 1.54) is 81.1 Å². The molecule has 0 aliphatic rings. The van der Waals surface area contributed by atoms with Crippen LogP contribution >= 0.6 is 11.3 Å². The first-order valence-corrected chi connectivity index (χ1v) is 15.9. The van der Waals surface area contributed by atoms with Gasteiger partial charge < -0.3 is 20.1 Å². The van der Waals surface area contributed by atoms with Gasteiger partial charge in [-0.2, -0.15) is 4.57 Å². The number of aryl methyl sites for hydroxylation is 1. The van der Waals surface area contributed by atoms with Gasteiger partial charge in [-0.05, 0) is 37.6 Å². The number of urea groups is 1. The van der Waals surface area contributed by atoms with Gasteiger partial charge in [0.15, 0.2) is 24.2 Å². The third kappa shape index (κ3) is 12.0. The number of carbonyl (C=O) groups is 1. The monoisotopic (exact) mass is 566 g/mol. The van der Waals surface area contributed by atoms with E-state index in [0.717, 1.165) is 18.7 Å². The second kappa shape index (κ2) is 18.3. The molecule has 3 rings (SSSR count). The van der Waals surface area contributed by atoms with E-state index in [1.54, 1.807) is 18.4 Å². The summed E-state index contributed by atoms with van der Waals surface area (Å²) in [4.78, 5) is 13.9. The molecule has 2 aromatic carbocycles. The lowest BCUT2D eigenvalue weighted by atomic mass is 10.1. The first-order chi connectivity index (χ1) is 19.6. The maximum Gasteiger partial charge on any atom is 0.323 e. The van der Waals surface area contributed by atoms with Crippen molar-refractivity contribution in [3.63, 3.8) is 0 Å². The molecule has 0 saturated carbocycles. The molecule has 0 unspecified atom stereocenters. The van der Waals surface area contributed by atoms with Crippen molar-refractivity contribution in [3.8, 4) is 11.5 Å². The lowest BCUT2D eigenvalue weighted by Crippen LogP contribution is -2.30. The molecule has 2 amide bonds. The van der Waals surface area contributed by atoms with Gasteiger partial charge in [0, 0.05) is 23.0 Å². The van der Waals surface area contributed by atoms with Crippen molar-refractivity contribution in [1.29, 1.82) is 0 Å². The summed E-state index contributed by atoms with van der Waals surface area (Å²) in [5.74, 6) is 1.31. The molecule has 2 N–H and O–H groups in total. The minimum Gasteiger partial charge on any atom is -0.493 e. The van der Waals surface area contributed by atoms with Crippen LogP contribution in [0.15, 0.2) is 54.2 Å². The summed E-state index contributed by atoms with van der Waals surface area (Å²) in [5, 5.41) is 5.80. The van der Waals surface area contributed by atoms with Crippen LogP contribution in [0.25, 0.3) is 0 Å². The van der Waals surface area contributed by atoms with Gasteiger partial charge in [0.05, 0.1) is 18.6 Å². The van der Waals surface area contributed by atoms with Crippen molar-refractivity contribution in [2.75, 3.05) is 24.4 Å². The van der Waals surface area contributed by atoms with Gasteiger partial charge in [-0.25, -0.2) is 4.79 Å². The maximum atomic E-state index is 12.6. The molecule has 0 saturated heterocycles. The molecule has 218 valence electrons. The van der Waals surface area contributed by atoms with Crippen LogP contribution in [0.2, 0.25) is 0 Å². The van der Waals surface area contributed by atoms with Gasteiger partial charge in [0.1, 0.15) is 0 Å². The predicted molar refractivity (Wildman–Crippen MR) is 167 cm³/mol. The second-order valence-corrected chi connectivity index (χ2v) is 11.6. The second-order valence-electron chi connectivity index (χ2n) is 10.5. The topological polar surface area (TPSA) is 63.5 Å². The normalized spacial score (nSPS) is 10.9. The molecule has 0 aliphatic heterocycles. The molecular weight excluding hydrogens is 518 g/mol. The van der Waals surface area contributed by atoms with Crippen molar-refractivity contribution >= 4 is 28.7 Å². The number of anilines is 2. The molecule has 0 bridgehead atoms. The van der Waals surface area contributed by atoms with Gasteiger partial charge in [-0.15, -0.1) is 0 Å². The summed E-state index contributed by atoms with van der Waals surface area (Å²) in [6.45, 7) is 5.82. The number of nitrogens with one attached hydrogen (secondary N) is 2. The lowest BCUT2D eigenvalue weighted by Gasteiger charge is -2.13. The highest BCUT2D eigenvalue weighted by molar-refractivity contribution is 7.09. The number of hydrogen-bond donors (Lipinski definition) is 2. The maximum absolute atomic E-state index is 12.6. The highest BCUT2D eigenvalue weighted by atomic mass is 32.1. The van der Waals surface area contributed by atoms with E-state index >= 15 is 0 Å². The third-order valence-corrected chi connectivity index (χ3v) is 7.83. The lowest BCUT2D eigenvalue weighted by molar-refractivity contribution is -0.683. The fourth-order valence-corrected chi connectivity index (χ4v) is 5.35. The number of unbranched alkanes of at least 4 members (excludes halogenated alkanes) is 11. The molecule has 1 heterocycles. The average molecular weight is 567 g/mol. The molecule has 40 heavy (non-hydrogen) atoms. The number of benzene rings is 2. The molecule has 1 aromatic heterocycles. The summed E-state index contributed by atoms with van der Waals surface area (Å²) in [6.07, 6.45) is 17.9. The Bertz CT molecular complexity index is 1130. The Labute approximate surface area is 245 Å². The van der Waals surface area contributed by atoms with Crippen molar-refractivity contribution in [2.24, 2.45) is 0 Å². The summed E-state index contributed by atoms with van der Waals surface area (Å²) in [7, 11) is 1.63.